The Morgan fingerprint density at radius 2 is 2.16 bits per heavy atom. The third-order valence-corrected chi connectivity index (χ3v) is 7.28. The van der Waals surface area contributed by atoms with Crippen molar-refractivity contribution in [1.82, 2.24) is 30.4 Å². The maximum absolute atomic E-state index is 13.3. The lowest BCUT2D eigenvalue weighted by Gasteiger charge is -2.36. The predicted molar refractivity (Wildman–Crippen MR) is 112 cm³/mol. The van der Waals surface area contributed by atoms with Crippen LogP contribution < -0.4 is 10.6 Å². The summed E-state index contributed by atoms with van der Waals surface area (Å²) in [6, 6.07) is 8.52. The Morgan fingerprint density at radius 3 is 2.91 bits per heavy atom. The molecule has 0 spiro atoms. The monoisotopic (exact) mass is 433 g/mol. The minimum Gasteiger partial charge on any atom is -0.322 e. The van der Waals surface area contributed by atoms with Crippen LogP contribution in [0.4, 0.5) is 5.69 Å². The van der Waals surface area contributed by atoms with Gasteiger partial charge in [0.05, 0.1) is 29.9 Å². The molecule has 1 aromatic carbocycles. The second-order valence-corrected chi connectivity index (χ2v) is 9.12. The van der Waals surface area contributed by atoms with Gasteiger partial charge in [-0.1, -0.05) is 12.1 Å². The van der Waals surface area contributed by atoms with Gasteiger partial charge in [-0.05, 0) is 42.5 Å². The lowest BCUT2D eigenvalue weighted by atomic mass is 10.1. The quantitative estimate of drug-likeness (QED) is 0.641. The van der Waals surface area contributed by atoms with E-state index in [9.17, 15) is 14.9 Å². The Kier molecular flexibility index (Phi) is 4.28. The molecule has 1 unspecified atom stereocenters. The van der Waals surface area contributed by atoms with Crippen LogP contribution in [-0.4, -0.2) is 85.5 Å². The number of rotatable bonds is 5. The first-order chi connectivity index (χ1) is 15.6. The van der Waals surface area contributed by atoms with Crippen LogP contribution in [0.1, 0.15) is 19.3 Å². The molecule has 4 heterocycles. The third kappa shape index (κ3) is 2.83. The summed E-state index contributed by atoms with van der Waals surface area (Å²) in [6.07, 6.45) is 2.41. The average Bonchev–Trinajstić information content (AvgIpc) is 3.25. The summed E-state index contributed by atoms with van der Waals surface area (Å²) in [4.78, 5) is 31.8. The van der Waals surface area contributed by atoms with E-state index in [2.05, 4.69) is 26.7 Å². The van der Waals surface area contributed by atoms with Gasteiger partial charge >= 0.3 is 0 Å². The van der Waals surface area contributed by atoms with Crippen LogP contribution in [-0.2, 0) is 9.59 Å². The highest BCUT2D eigenvalue weighted by molar-refractivity contribution is 6.04. The highest BCUT2D eigenvalue weighted by atomic mass is 16.2. The van der Waals surface area contributed by atoms with Crippen LogP contribution in [0, 0.1) is 17.2 Å². The summed E-state index contributed by atoms with van der Waals surface area (Å²) in [7, 11) is 0. The number of amides is 2. The Hall–Kier alpha value is -3.36. The molecule has 4 aliphatic rings. The topological polar surface area (TPSA) is 148 Å². The number of para-hydroxylation sites is 1. The number of nitriles is 1. The van der Waals surface area contributed by atoms with Crippen LogP contribution >= 0.6 is 0 Å². The van der Waals surface area contributed by atoms with Crippen molar-refractivity contribution in [1.29, 1.82) is 5.26 Å². The van der Waals surface area contributed by atoms with E-state index < -0.39 is 6.04 Å². The molecule has 32 heavy (non-hydrogen) atoms. The maximum atomic E-state index is 13.3. The molecule has 3 saturated heterocycles. The number of piperazine rings is 1. The van der Waals surface area contributed by atoms with Crippen molar-refractivity contribution in [2.45, 2.75) is 49.5 Å². The van der Waals surface area contributed by atoms with Gasteiger partial charge in [-0.2, -0.15) is 10.5 Å². The molecule has 6 rings (SSSR count). The zero-order valence-electron chi connectivity index (χ0n) is 17.3. The van der Waals surface area contributed by atoms with Crippen molar-refractivity contribution in [2.75, 3.05) is 18.0 Å². The van der Waals surface area contributed by atoms with Crippen LogP contribution in [0.5, 0.6) is 0 Å². The van der Waals surface area contributed by atoms with E-state index in [0.29, 0.717) is 31.3 Å². The van der Waals surface area contributed by atoms with E-state index in [0.717, 1.165) is 24.1 Å². The Balaban J connectivity index is 1.17. The smallest absolute Gasteiger partial charge is 0.244 e. The number of hydrogen-bond acceptors (Lipinski definition) is 8. The van der Waals surface area contributed by atoms with Crippen molar-refractivity contribution < 1.29 is 9.59 Å². The zero-order chi connectivity index (χ0) is 22.0. The molecule has 164 valence electrons. The fraction of sp³-hybridized carbons (Fsp3) is 0.524. The third-order valence-electron chi connectivity index (χ3n) is 7.28. The van der Waals surface area contributed by atoms with Crippen molar-refractivity contribution in [3.05, 3.63) is 24.3 Å². The molecule has 3 aliphatic heterocycles. The Bertz CT molecular complexity index is 1110. The number of nitrogens with two attached hydrogens (primary N) is 1. The number of nitrogens with one attached hydrogen (secondary N) is 1. The zero-order valence-corrected chi connectivity index (χ0v) is 17.3. The first kappa shape index (κ1) is 19.3. The van der Waals surface area contributed by atoms with Gasteiger partial charge in [-0.15, -0.1) is 10.2 Å². The van der Waals surface area contributed by atoms with Crippen LogP contribution in [0.25, 0.3) is 11.4 Å². The molecule has 6 atom stereocenters. The molecule has 2 bridgehead atoms. The summed E-state index contributed by atoms with van der Waals surface area (Å²) < 4.78 is 0. The molecular weight excluding hydrogens is 410 g/mol. The first-order valence-electron chi connectivity index (χ1n) is 10.9. The van der Waals surface area contributed by atoms with Gasteiger partial charge in [0, 0.05) is 24.7 Å². The van der Waals surface area contributed by atoms with E-state index in [1.165, 1.54) is 0 Å². The fourth-order valence-corrected chi connectivity index (χ4v) is 5.74. The number of H-pyrrole nitrogens is 1. The largest absolute Gasteiger partial charge is 0.322 e. The van der Waals surface area contributed by atoms with Crippen molar-refractivity contribution in [3.8, 4) is 17.5 Å². The van der Waals surface area contributed by atoms with Gasteiger partial charge in [0.2, 0.25) is 17.6 Å². The van der Waals surface area contributed by atoms with Crippen LogP contribution in [0.2, 0.25) is 0 Å². The number of piperidine rings is 1. The number of hydrogen-bond donors (Lipinski definition) is 2. The number of nitrogens with zero attached hydrogens (tertiary/aromatic N) is 7. The number of aromatic amines is 1. The fourth-order valence-electron chi connectivity index (χ4n) is 5.74. The number of anilines is 1. The normalized spacial score (nSPS) is 31.6. The molecule has 2 amide bonds. The van der Waals surface area contributed by atoms with Crippen molar-refractivity contribution in [3.63, 3.8) is 0 Å². The average molecular weight is 433 g/mol. The second-order valence-electron chi connectivity index (χ2n) is 9.12. The van der Waals surface area contributed by atoms with E-state index in [1.807, 2.05) is 34.1 Å². The molecule has 1 saturated carbocycles. The Labute approximate surface area is 184 Å². The molecule has 1 aliphatic carbocycles. The summed E-state index contributed by atoms with van der Waals surface area (Å²) in [5.41, 5.74) is 7.80. The molecule has 2 aromatic rings. The molecule has 1 aromatic heterocycles. The number of carbonyl (C=O) groups excluding carboxylic acids is 2. The van der Waals surface area contributed by atoms with Crippen molar-refractivity contribution >= 4 is 17.5 Å². The number of benzene rings is 1. The SMILES string of the molecule is N#C[C@@H]1C[C@@H]2CC2N1C(=O)[C@@H](N)CN1C[C@H]2C[C@@H]1C(=O)N2c1ccccc1-c1nn[nH]n1. The van der Waals surface area contributed by atoms with Crippen LogP contribution in [0.3, 0.4) is 0 Å². The van der Waals surface area contributed by atoms with E-state index in [-0.39, 0.29) is 36.0 Å². The lowest BCUT2D eigenvalue weighted by Crippen LogP contribution is -2.57. The molecular formula is C21H23N9O2. The minimum atomic E-state index is -0.739. The predicted octanol–water partition coefficient (Wildman–Crippen LogP) is -0.504. The van der Waals surface area contributed by atoms with Gasteiger partial charge in [0.1, 0.15) is 6.04 Å². The molecule has 4 fully saturated rings. The highest BCUT2D eigenvalue weighted by Crippen LogP contribution is 2.48. The number of aromatic nitrogens is 4. The Morgan fingerprint density at radius 1 is 1.31 bits per heavy atom. The molecule has 0 radical (unpaired) electrons. The standard InChI is InChI=1S/C21H23N9O2/c22-8-12-5-11-6-17(11)29(12)20(31)15(23)10-28-9-13-7-18(28)21(32)30(13)16-4-2-1-3-14(16)19-24-26-27-25-19/h1-4,11-13,15,17-18H,5-7,9-10,23H2,(H,24,25,26,27)/t11-,12+,13-,15+,17?,18-/m1/s1. The van der Waals surface area contributed by atoms with Gasteiger partial charge in [-0.25, -0.2) is 0 Å². The van der Waals surface area contributed by atoms with Gasteiger partial charge in [0.25, 0.3) is 0 Å². The van der Waals surface area contributed by atoms with Gasteiger partial charge in [-0.3, -0.25) is 14.5 Å². The summed E-state index contributed by atoms with van der Waals surface area (Å²) in [6.45, 7) is 0.962. The minimum absolute atomic E-state index is 0.00447. The summed E-state index contributed by atoms with van der Waals surface area (Å²) in [5.74, 6) is 0.718. The number of fused-ring (bicyclic) bond motifs is 3. The number of likely N-dealkylation sites (tertiary alicyclic amines) is 2. The molecule has 11 nitrogen and oxygen atoms in total. The van der Waals surface area contributed by atoms with Crippen molar-refractivity contribution in [2.24, 2.45) is 11.7 Å². The maximum Gasteiger partial charge on any atom is 0.244 e. The second kappa shape index (κ2) is 7.08. The van der Waals surface area contributed by atoms with Gasteiger partial charge in [0.15, 0.2) is 0 Å². The lowest BCUT2D eigenvalue weighted by molar-refractivity contribution is -0.135. The van der Waals surface area contributed by atoms with E-state index in [1.54, 1.807) is 4.90 Å². The summed E-state index contributed by atoms with van der Waals surface area (Å²) in [5, 5.41) is 23.6. The first-order valence-corrected chi connectivity index (χ1v) is 10.9. The molecule has 3 N–H and O–H groups in total. The van der Waals surface area contributed by atoms with Crippen LogP contribution in [0.15, 0.2) is 24.3 Å². The number of tetrazole rings is 1. The highest BCUT2D eigenvalue weighted by Gasteiger charge is 2.56. The molecule has 11 heteroatoms. The van der Waals surface area contributed by atoms with E-state index >= 15 is 0 Å². The van der Waals surface area contributed by atoms with Gasteiger partial charge < -0.3 is 15.5 Å². The number of carbonyl (C=O) groups is 2. The summed E-state index contributed by atoms with van der Waals surface area (Å²) >= 11 is 0. The van der Waals surface area contributed by atoms with E-state index in [4.69, 9.17) is 5.73 Å².